The fourth-order valence-electron chi connectivity index (χ4n) is 2.38. The number of hydrogen-bond acceptors (Lipinski definition) is 2. The lowest BCUT2D eigenvalue weighted by Gasteiger charge is -2.30. The van der Waals surface area contributed by atoms with Crippen molar-refractivity contribution in [1.82, 2.24) is 0 Å². The predicted molar refractivity (Wildman–Crippen MR) is 80.6 cm³/mol. The highest BCUT2D eigenvalue weighted by molar-refractivity contribution is 5.85. The summed E-state index contributed by atoms with van der Waals surface area (Å²) in [5.41, 5.74) is 3.30. The number of aryl methyl sites for hydroxylation is 1. The van der Waals surface area contributed by atoms with Crippen molar-refractivity contribution in [2.24, 2.45) is 0 Å². The van der Waals surface area contributed by atoms with Crippen LogP contribution >= 0.6 is 0 Å². The quantitative estimate of drug-likeness (QED) is 0.793. The highest BCUT2D eigenvalue weighted by atomic mass is 16.4. The number of nitrogens with zero attached hydrogens (tertiary/aromatic N) is 1. The van der Waals surface area contributed by atoms with Gasteiger partial charge in [-0.25, -0.2) is 4.79 Å². The Hall–Kier alpha value is -1.77. The van der Waals surface area contributed by atoms with Crippen LogP contribution in [-0.4, -0.2) is 24.2 Å². The van der Waals surface area contributed by atoms with Crippen molar-refractivity contribution >= 4 is 17.7 Å². The van der Waals surface area contributed by atoms with Crippen LogP contribution in [0.1, 0.15) is 37.8 Å². The van der Waals surface area contributed by atoms with Gasteiger partial charge < -0.3 is 10.0 Å². The van der Waals surface area contributed by atoms with Crippen LogP contribution in [0.5, 0.6) is 0 Å². The maximum atomic E-state index is 10.5. The molecule has 0 atom stereocenters. The Morgan fingerprint density at radius 3 is 2.47 bits per heavy atom. The van der Waals surface area contributed by atoms with Gasteiger partial charge in [0.05, 0.1) is 0 Å². The molecule has 1 aromatic carbocycles. The lowest BCUT2D eigenvalue weighted by molar-refractivity contribution is -0.131. The average molecular weight is 261 g/mol. The molecule has 1 rings (SSSR count). The first kappa shape index (κ1) is 15.3. The van der Waals surface area contributed by atoms with Crippen LogP contribution in [0, 0.1) is 6.92 Å². The zero-order chi connectivity index (χ0) is 14.4. The summed E-state index contributed by atoms with van der Waals surface area (Å²) in [6.45, 7) is 6.46. The standard InChI is InChI=1S/C16H23NO2/c1-5-14(6-2)17(4)15-9-7-13(11-12(15)3)8-10-16(18)19/h7-11,14H,5-6H2,1-4H3,(H,18,19). The van der Waals surface area contributed by atoms with Crippen molar-refractivity contribution in [3.8, 4) is 0 Å². The lowest BCUT2D eigenvalue weighted by Crippen LogP contribution is -2.30. The van der Waals surface area contributed by atoms with Gasteiger partial charge in [-0.2, -0.15) is 0 Å². The summed E-state index contributed by atoms with van der Waals surface area (Å²) >= 11 is 0. The third-order valence-electron chi connectivity index (χ3n) is 3.51. The van der Waals surface area contributed by atoms with Gasteiger partial charge in [0, 0.05) is 24.9 Å². The molecule has 0 amide bonds. The Bertz CT molecular complexity index is 462. The van der Waals surface area contributed by atoms with Gasteiger partial charge in [-0.15, -0.1) is 0 Å². The smallest absolute Gasteiger partial charge is 0.328 e. The molecule has 0 saturated heterocycles. The van der Waals surface area contributed by atoms with Gasteiger partial charge in [-0.1, -0.05) is 19.9 Å². The number of carboxylic acids is 1. The van der Waals surface area contributed by atoms with Crippen LogP contribution in [0.4, 0.5) is 5.69 Å². The molecular weight excluding hydrogens is 238 g/mol. The Morgan fingerprint density at radius 1 is 1.37 bits per heavy atom. The second-order valence-electron chi connectivity index (χ2n) is 4.80. The van der Waals surface area contributed by atoms with E-state index in [1.54, 1.807) is 6.08 Å². The summed E-state index contributed by atoms with van der Waals surface area (Å²) in [7, 11) is 2.12. The highest BCUT2D eigenvalue weighted by Crippen LogP contribution is 2.24. The average Bonchev–Trinajstić information content (AvgIpc) is 2.37. The van der Waals surface area contributed by atoms with E-state index >= 15 is 0 Å². The molecule has 1 aromatic rings. The molecule has 0 aromatic heterocycles. The summed E-state index contributed by atoms with van der Waals surface area (Å²) in [4.78, 5) is 12.8. The molecule has 0 spiro atoms. The van der Waals surface area contributed by atoms with E-state index in [1.165, 1.54) is 17.3 Å². The van der Waals surface area contributed by atoms with Crippen molar-refractivity contribution in [2.45, 2.75) is 39.7 Å². The van der Waals surface area contributed by atoms with Crippen molar-refractivity contribution < 1.29 is 9.90 Å². The molecule has 0 unspecified atom stereocenters. The molecule has 0 bridgehead atoms. The molecule has 0 aliphatic carbocycles. The summed E-state index contributed by atoms with van der Waals surface area (Å²) < 4.78 is 0. The molecule has 0 heterocycles. The molecule has 19 heavy (non-hydrogen) atoms. The molecule has 1 N–H and O–H groups in total. The minimum atomic E-state index is -0.920. The van der Waals surface area contributed by atoms with Crippen LogP contribution in [-0.2, 0) is 4.79 Å². The maximum Gasteiger partial charge on any atom is 0.328 e. The predicted octanol–water partition coefficient (Wildman–Crippen LogP) is 3.72. The number of benzene rings is 1. The molecule has 0 radical (unpaired) electrons. The van der Waals surface area contributed by atoms with Gasteiger partial charge in [-0.3, -0.25) is 0 Å². The van der Waals surface area contributed by atoms with E-state index in [9.17, 15) is 4.79 Å². The Balaban J connectivity index is 2.97. The van der Waals surface area contributed by atoms with Crippen LogP contribution in [0.2, 0.25) is 0 Å². The number of anilines is 1. The van der Waals surface area contributed by atoms with Gasteiger partial charge in [0.2, 0.25) is 0 Å². The molecule has 3 heteroatoms. The van der Waals surface area contributed by atoms with Gasteiger partial charge in [0.25, 0.3) is 0 Å². The van der Waals surface area contributed by atoms with Crippen LogP contribution in [0.25, 0.3) is 6.08 Å². The summed E-state index contributed by atoms with van der Waals surface area (Å²) in [5.74, 6) is -0.920. The van der Waals surface area contributed by atoms with Crippen molar-refractivity contribution in [3.05, 3.63) is 35.4 Å². The fraction of sp³-hybridized carbons (Fsp3) is 0.438. The molecule has 3 nitrogen and oxygen atoms in total. The molecule has 0 saturated carbocycles. The van der Waals surface area contributed by atoms with E-state index in [4.69, 9.17) is 5.11 Å². The van der Waals surface area contributed by atoms with Crippen LogP contribution in [0.3, 0.4) is 0 Å². The first-order valence-corrected chi connectivity index (χ1v) is 6.74. The highest BCUT2D eigenvalue weighted by Gasteiger charge is 2.12. The number of rotatable bonds is 6. The Kier molecular flexibility index (Phi) is 5.61. The zero-order valence-corrected chi connectivity index (χ0v) is 12.2. The monoisotopic (exact) mass is 261 g/mol. The van der Waals surface area contributed by atoms with E-state index < -0.39 is 5.97 Å². The summed E-state index contributed by atoms with van der Waals surface area (Å²) in [5, 5.41) is 8.63. The summed E-state index contributed by atoms with van der Waals surface area (Å²) in [6, 6.07) is 6.59. The first-order chi connectivity index (χ1) is 8.99. The van der Waals surface area contributed by atoms with Crippen molar-refractivity contribution in [1.29, 1.82) is 0 Å². The fourth-order valence-corrected chi connectivity index (χ4v) is 2.38. The largest absolute Gasteiger partial charge is 0.478 e. The lowest BCUT2D eigenvalue weighted by atomic mass is 10.1. The van der Waals surface area contributed by atoms with Crippen LogP contribution < -0.4 is 4.90 Å². The third-order valence-corrected chi connectivity index (χ3v) is 3.51. The van der Waals surface area contributed by atoms with E-state index in [0.717, 1.165) is 18.4 Å². The normalized spacial score (nSPS) is 11.2. The van der Waals surface area contributed by atoms with Crippen molar-refractivity contribution in [3.63, 3.8) is 0 Å². The number of hydrogen-bond donors (Lipinski definition) is 1. The minimum Gasteiger partial charge on any atom is -0.478 e. The van der Waals surface area contributed by atoms with E-state index in [2.05, 4.69) is 38.8 Å². The van der Waals surface area contributed by atoms with Gasteiger partial charge in [0.15, 0.2) is 0 Å². The second kappa shape index (κ2) is 6.98. The SMILES string of the molecule is CCC(CC)N(C)c1ccc(C=CC(=O)O)cc1C. The molecular formula is C16H23NO2. The van der Waals surface area contributed by atoms with E-state index in [0.29, 0.717) is 6.04 Å². The third kappa shape index (κ3) is 4.12. The minimum absolute atomic E-state index is 0.541. The van der Waals surface area contributed by atoms with Crippen molar-refractivity contribution in [2.75, 3.05) is 11.9 Å². The first-order valence-electron chi connectivity index (χ1n) is 6.74. The van der Waals surface area contributed by atoms with Gasteiger partial charge in [-0.05, 0) is 49.1 Å². The Morgan fingerprint density at radius 2 is 2.00 bits per heavy atom. The topological polar surface area (TPSA) is 40.5 Å². The number of carbonyl (C=O) groups is 1. The number of aliphatic carboxylic acids is 1. The van der Waals surface area contributed by atoms with Gasteiger partial charge >= 0.3 is 5.97 Å². The Labute approximate surface area is 115 Å². The molecule has 104 valence electrons. The summed E-state index contributed by atoms with van der Waals surface area (Å²) in [6.07, 6.45) is 5.02. The zero-order valence-electron chi connectivity index (χ0n) is 12.2. The molecule has 0 fully saturated rings. The number of carboxylic acid groups (broad SMARTS) is 1. The van der Waals surface area contributed by atoms with E-state index in [1.807, 2.05) is 12.1 Å². The maximum absolute atomic E-state index is 10.5. The second-order valence-corrected chi connectivity index (χ2v) is 4.80. The van der Waals surface area contributed by atoms with Crippen LogP contribution in [0.15, 0.2) is 24.3 Å². The molecule has 0 aliphatic heterocycles. The van der Waals surface area contributed by atoms with E-state index in [-0.39, 0.29) is 0 Å². The van der Waals surface area contributed by atoms with Gasteiger partial charge in [0.1, 0.15) is 0 Å². The molecule has 0 aliphatic rings.